The second-order valence-corrected chi connectivity index (χ2v) is 7.91. The van der Waals surface area contributed by atoms with Crippen molar-refractivity contribution in [3.63, 3.8) is 0 Å². The standard InChI is InChI=1S/C20H18ClN3O2S/c1-13-17-10-18(19(25)23(2)12-16-4-3-9-26-16)27-20(17)24(22-13)11-14-5-7-15(21)8-6-14/h3-10H,11-12H2,1-2H3. The van der Waals surface area contributed by atoms with Crippen molar-refractivity contribution in [3.8, 4) is 0 Å². The number of hydrogen-bond donors (Lipinski definition) is 0. The number of aryl methyl sites for hydroxylation is 1. The average molecular weight is 400 g/mol. The van der Waals surface area contributed by atoms with Crippen LogP contribution in [0.4, 0.5) is 0 Å². The predicted molar refractivity (Wildman–Crippen MR) is 107 cm³/mol. The topological polar surface area (TPSA) is 51.3 Å². The van der Waals surface area contributed by atoms with E-state index < -0.39 is 0 Å². The monoisotopic (exact) mass is 399 g/mol. The molecule has 0 aliphatic carbocycles. The number of furan rings is 1. The Bertz CT molecular complexity index is 1080. The zero-order valence-corrected chi connectivity index (χ0v) is 16.5. The third-order valence-corrected chi connectivity index (χ3v) is 5.77. The molecule has 5 nitrogen and oxygen atoms in total. The van der Waals surface area contributed by atoms with Crippen molar-refractivity contribution < 1.29 is 9.21 Å². The lowest BCUT2D eigenvalue weighted by molar-refractivity contribution is 0.0780. The number of carbonyl (C=O) groups excluding carboxylic acids is 1. The number of rotatable bonds is 5. The summed E-state index contributed by atoms with van der Waals surface area (Å²) >= 11 is 7.43. The van der Waals surface area contributed by atoms with Gasteiger partial charge in [0.2, 0.25) is 0 Å². The molecule has 0 radical (unpaired) electrons. The summed E-state index contributed by atoms with van der Waals surface area (Å²) in [5, 5.41) is 6.36. The molecule has 0 unspecified atom stereocenters. The number of hydrogen-bond acceptors (Lipinski definition) is 4. The molecule has 7 heteroatoms. The van der Waals surface area contributed by atoms with Gasteiger partial charge >= 0.3 is 0 Å². The molecule has 0 spiro atoms. The first-order valence-corrected chi connectivity index (χ1v) is 9.70. The minimum atomic E-state index is -0.0231. The third kappa shape index (κ3) is 3.63. The van der Waals surface area contributed by atoms with Crippen molar-refractivity contribution in [2.75, 3.05) is 7.05 Å². The molecule has 138 valence electrons. The number of nitrogens with zero attached hydrogens (tertiary/aromatic N) is 3. The highest BCUT2D eigenvalue weighted by Gasteiger charge is 2.19. The molecule has 0 fully saturated rings. The van der Waals surface area contributed by atoms with Gasteiger partial charge in [0, 0.05) is 17.5 Å². The number of carbonyl (C=O) groups is 1. The van der Waals surface area contributed by atoms with Gasteiger partial charge < -0.3 is 9.32 Å². The third-order valence-electron chi connectivity index (χ3n) is 4.38. The van der Waals surface area contributed by atoms with Gasteiger partial charge in [-0.3, -0.25) is 9.48 Å². The van der Waals surface area contributed by atoms with E-state index in [1.54, 1.807) is 18.2 Å². The Kier molecular flexibility index (Phi) is 4.76. The molecule has 0 N–H and O–H groups in total. The summed E-state index contributed by atoms with van der Waals surface area (Å²) in [7, 11) is 1.78. The van der Waals surface area contributed by atoms with Crippen molar-refractivity contribution in [3.05, 3.63) is 75.6 Å². The highest BCUT2D eigenvalue weighted by molar-refractivity contribution is 7.20. The molecule has 4 aromatic rings. The van der Waals surface area contributed by atoms with Gasteiger partial charge in [-0.2, -0.15) is 5.10 Å². The molecule has 1 aromatic carbocycles. The van der Waals surface area contributed by atoms with Crippen LogP contribution in [0.2, 0.25) is 5.02 Å². The minimum Gasteiger partial charge on any atom is -0.467 e. The summed E-state index contributed by atoms with van der Waals surface area (Å²) in [6, 6.07) is 13.3. The van der Waals surface area contributed by atoms with Crippen LogP contribution < -0.4 is 0 Å². The lowest BCUT2D eigenvalue weighted by Gasteiger charge is -2.14. The van der Waals surface area contributed by atoms with E-state index in [0.717, 1.165) is 27.2 Å². The largest absolute Gasteiger partial charge is 0.467 e. The van der Waals surface area contributed by atoms with Crippen LogP contribution in [0.25, 0.3) is 10.2 Å². The average Bonchev–Trinajstić information content (AvgIpc) is 3.36. The fourth-order valence-electron chi connectivity index (χ4n) is 2.98. The van der Waals surface area contributed by atoms with E-state index in [2.05, 4.69) is 5.10 Å². The van der Waals surface area contributed by atoms with E-state index in [9.17, 15) is 4.79 Å². The second-order valence-electron chi connectivity index (χ2n) is 6.44. The molecule has 3 aromatic heterocycles. The van der Waals surface area contributed by atoms with Gasteiger partial charge in [0.05, 0.1) is 29.9 Å². The van der Waals surface area contributed by atoms with Crippen LogP contribution in [-0.4, -0.2) is 27.6 Å². The van der Waals surface area contributed by atoms with Gasteiger partial charge in [0.15, 0.2) is 0 Å². The van der Waals surface area contributed by atoms with E-state index in [1.807, 2.05) is 54.1 Å². The first-order chi connectivity index (χ1) is 13.0. The predicted octanol–water partition coefficient (Wildman–Crippen LogP) is 4.97. The van der Waals surface area contributed by atoms with Crippen LogP contribution in [0.5, 0.6) is 0 Å². The Morgan fingerprint density at radius 3 is 2.78 bits per heavy atom. The van der Waals surface area contributed by atoms with Gasteiger partial charge in [0.25, 0.3) is 5.91 Å². The molecule has 0 atom stereocenters. The minimum absolute atomic E-state index is 0.0231. The molecule has 4 rings (SSSR count). The van der Waals surface area contributed by atoms with Crippen LogP contribution in [0.15, 0.2) is 53.1 Å². The van der Waals surface area contributed by atoms with E-state index in [4.69, 9.17) is 16.0 Å². The lowest BCUT2D eigenvalue weighted by Crippen LogP contribution is -2.25. The van der Waals surface area contributed by atoms with Crippen molar-refractivity contribution in [2.45, 2.75) is 20.0 Å². The Hall–Kier alpha value is -2.57. The zero-order chi connectivity index (χ0) is 19.0. The van der Waals surface area contributed by atoms with E-state index >= 15 is 0 Å². The molecule has 0 bridgehead atoms. The molecule has 1 amide bonds. The maximum atomic E-state index is 12.8. The van der Waals surface area contributed by atoms with E-state index in [0.29, 0.717) is 23.0 Å². The first kappa shape index (κ1) is 17.8. The summed E-state index contributed by atoms with van der Waals surface area (Å²) in [6.45, 7) is 3.04. The van der Waals surface area contributed by atoms with Gasteiger partial charge in [-0.05, 0) is 42.8 Å². The van der Waals surface area contributed by atoms with Gasteiger partial charge in [-0.15, -0.1) is 11.3 Å². The van der Waals surface area contributed by atoms with Gasteiger partial charge in [-0.1, -0.05) is 23.7 Å². The fourth-order valence-corrected chi connectivity index (χ4v) is 4.27. The molecule has 27 heavy (non-hydrogen) atoms. The van der Waals surface area contributed by atoms with E-state index in [-0.39, 0.29) is 5.91 Å². The Morgan fingerprint density at radius 1 is 1.30 bits per heavy atom. The number of thiophene rings is 1. The number of aromatic nitrogens is 2. The smallest absolute Gasteiger partial charge is 0.264 e. The van der Waals surface area contributed by atoms with Crippen molar-refractivity contribution in [1.29, 1.82) is 0 Å². The van der Waals surface area contributed by atoms with Crippen molar-refractivity contribution in [1.82, 2.24) is 14.7 Å². The Morgan fingerprint density at radius 2 is 2.07 bits per heavy atom. The van der Waals surface area contributed by atoms with Crippen molar-refractivity contribution >= 4 is 39.1 Å². The molecule has 0 saturated heterocycles. The summed E-state index contributed by atoms with van der Waals surface area (Å²) in [4.78, 5) is 16.2. The molecular weight excluding hydrogens is 382 g/mol. The molecule has 0 aliphatic rings. The Labute approximate surface area is 165 Å². The first-order valence-electron chi connectivity index (χ1n) is 8.50. The van der Waals surface area contributed by atoms with E-state index in [1.165, 1.54) is 11.3 Å². The lowest BCUT2D eigenvalue weighted by atomic mass is 10.2. The number of fused-ring (bicyclic) bond motifs is 1. The maximum Gasteiger partial charge on any atom is 0.264 e. The van der Waals surface area contributed by atoms with Crippen molar-refractivity contribution in [2.24, 2.45) is 0 Å². The highest BCUT2D eigenvalue weighted by atomic mass is 35.5. The van der Waals surface area contributed by atoms with Crippen LogP contribution in [0.1, 0.15) is 26.7 Å². The quantitative estimate of drug-likeness (QED) is 0.476. The summed E-state index contributed by atoms with van der Waals surface area (Å²) in [5.41, 5.74) is 2.03. The summed E-state index contributed by atoms with van der Waals surface area (Å²) in [5.74, 6) is 0.738. The second kappa shape index (κ2) is 7.21. The van der Waals surface area contributed by atoms with Crippen LogP contribution in [-0.2, 0) is 13.1 Å². The Balaban J connectivity index is 1.60. The molecular formula is C20H18ClN3O2S. The van der Waals surface area contributed by atoms with Gasteiger partial charge in [-0.25, -0.2) is 0 Å². The SMILES string of the molecule is Cc1nn(Cc2ccc(Cl)cc2)c2sc(C(=O)N(C)Cc3ccco3)cc12. The summed E-state index contributed by atoms with van der Waals surface area (Å²) in [6.07, 6.45) is 1.61. The van der Waals surface area contributed by atoms with Crippen LogP contribution in [0.3, 0.4) is 0 Å². The molecule has 0 aliphatic heterocycles. The normalized spacial score (nSPS) is 11.2. The van der Waals surface area contributed by atoms with Gasteiger partial charge in [0.1, 0.15) is 10.6 Å². The molecule has 0 saturated carbocycles. The number of benzene rings is 1. The molecule has 3 heterocycles. The van der Waals surface area contributed by atoms with Crippen LogP contribution in [0, 0.1) is 6.92 Å². The highest BCUT2D eigenvalue weighted by Crippen LogP contribution is 2.30. The maximum absolute atomic E-state index is 12.8. The van der Waals surface area contributed by atoms with Crippen LogP contribution >= 0.6 is 22.9 Å². The fraction of sp³-hybridized carbons (Fsp3) is 0.200. The number of amides is 1. The zero-order valence-electron chi connectivity index (χ0n) is 15.0. The number of halogens is 1. The summed E-state index contributed by atoms with van der Waals surface area (Å²) < 4.78 is 7.28.